The first-order valence-electron chi connectivity index (χ1n) is 9.35. The van der Waals surface area contributed by atoms with Crippen LogP contribution in [-0.2, 0) is 6.61 Å². The molecule has 1 N–H and O–H groups in total. The Kier molecular flexibility index (Phi) is 6.37. The van der Waals surface area contributed by atoms with E-state index >= 15 is 0 Å². The Labute approximate surface area is 162 Å². The maximum atomic E-state index is 6.09. The second kappa shape index (κ2) is 9.13. The number of nitrogens with one attached hydrogen (secondary N) is 1. The highest BCUT2D eigenvalue weighted by Crippen LogP contribution is 2.22. The highest BCUT2D eigenvalue weighted by Gasteiger charge is 2.07. The number of benzene rings is 3. The molecular formula is C24H27NO2. The molecule has 0 saturated heterocycles. The molecule has 0 aliphatic heterocycles. The number of anilines is 1. The summed E-state index contributed by atoms with van der Waals surface area (Å²) in [6.45, 7) is 7.51. The minimum absolute atomic E-state index is 0.0550. The lowest BCUT2D eigenvalue weighted by Gasteiger charge is -2.18. The minimum Gasteiger partial charge on any atom is -0.489 e. The van der Waals surface area contributed by atoms with Crippen LogP contribution in [0, 0.1) is 13.8 Å². The lowest BCUT2D eigenvalue weighted by molar-refractivity contribution is 0.233. The van der Waals surface area contributed by atoms with Crippen LogP contribution < -0.4 is 14.8 Å². The Hall–Kier alpha value is -2.94. The fourth-order valence-electron chi connectivity index (χ4n) is 2.79. The number of ether oxygens (including phenoxy) is 2. The van der Waals surface area contributed by atoms with Crippen LogP contribution in [-0.4, -0.2) is 12.6 Å². The third-order valence-electron chi connectivity index (χ3n) is 4.35. The van der Waals surface area contributed by atoms with Gasteiger partial charge in [-0.3, -0.25) is 0 Å². The zero-order valence-electron chi connectivity index (χ0n) is 16.2. The van der Waals surface area contributed by atoms with Crippen molar-refractivity contribution < 1.29 is 9.47 Å². The van der Waals surface area contributed by atoms with E-state index < -0.39 is 0 Å². The van der Waals surface area contributed by atoms with Crippen LogP contribution in [0.25, 0.3) is 0 Å². The minimum atomic E-state index is 0.0550. The zero-order chi connectivity index (χ0) is 19.1. The van der Waals surface area contributed by atoms with Gasteiger partial charge in [0.1, 0.15) is 24.2 Å². The molecule has 0 bridgehead atoms. The highest BCUT2D eigenvalue weighted by atomic mass is 16.5. The van der Waals surface area contributed by atoms with Crippen molar-refractivity contribution in [2.75, 3.05) is 11.9 Å². The van der Waals surface area contributed by atoms with Crippen LogP contribution in [0.1, 0.15) is 23.6 Å². The van der Waals surface area contributed by atoms with Crippen molar-refractivity contribution in [1.82, 2.24) is 0 Å². The van der Waals surface area contributed by atoms with Gasteiger partial charge in [-0.25, -0.2) is 0 Å². The van der Waals surface area contributed by atoms with Crippen LogP contribution in [0.5, 0.6) is 11.5 Å². The number of hydrogen-bond donors (Lipinski definition) is 1. The molecule has 3 aromatic rings. The van der Waals surface area contributed by atoms with Crippen LogP contribution in [0.3, 0.4) is 0 Å². The fraction of sp³-hybridized carbons (Fsp3) is 0.250. The molecule has 0 aromatic heterocycles. The quantitative estimate of drug-likeness (QED) is 0.553. The molecule has 3 aromatic carbocycles. The SMILES string of the molecule is Cc1ccc(C)c(O[C@H](C)CNc2cccc(OCc3ccccc3)c2)c1. The maximum absolute atomic E-state index is 6.09. The van der Waals surface area contributed by atoms with Crippen molar-refractivity contribution in [2.45, 2.75) is 33.5 Å². The van der Waals surface area contributed by atoms with Crippen molar-refractivity contribution in [2.24, 2.45) is 0 Å². The van der Waals surface area contributed by atoms with E-state index in [4.69, 9.17) is 9.47 Å². The molecular weight excluding hydrogens is 334 g/mol. The van der Waals surface area contributed by atoms with Gasteiger partial charge < -0.3 is 14.8 Å². The van der Waals surface area contributed by atoms with Crippen LogP contribution in [0.2, 0.25) is 0 Å². The molecule has 3 heteroatoms. The molecule has 0 heterocycles. The molecule has 0 unspecified atom stereocenters. The molecule has 3 rings (SSSR count). The van der Waals surface area contributed by atoms with Gasteiger partial charge in [0, 0.05) is 11.8 Å². The van der Waals surface area contributed by atoms with E-state index in [-0.39, 0.29) is 6.10 Å². The van der Waals surface area contributed by atoms with E-state index in [1.165, 1.54) is 5.56 Å². The Morgan fingerprint density at radius 3 is 2.52 bits per heavy atom. The van der Waals surface area contributed by atoms with Crippen LogP contribution >= 0.6 is 0 Å². The molecule has 0 amide bonds. The van der Waals surface area contributed by atoms with Crippen LogP contribution in [0.4, 0.5) is 5.69 Å². The van der Waals surface area contributed by atoms with E-state index in [0.717, 1.165) is 34.9 Å². The van der Waals surface area contributed by atoms with Crippen molar-refractivity contribution in [3.63, 3.8) is 0 Å². The standard InChI is InChI=1S/C24H27NO2/c1-18-12-13-19(2)24(14-18)27-20(3)16-25-22-10-7-11-23(15-22)26-17-21-8-5-4-6-9-21/h4-15,20,25H,16-17H2,1-3H3/t20-/m1/s1. The molecule has 0 spiro atoms. The van der Waals surface area contributed by atoms with Gasteiger partial charge in [0.05, 0.1) is 6.54 Å². The smallest absolute Gasteiger partial charge is 0.122 e. The molecule has 0 saturated carbocycles. The van der Waals surface area contributed by atoms with Gasteiger partial charge in [-0.1, -0.05) is 48.5 Å². The van der Waals surface area contributed by atoms with Crippen molar-refractivity contribution >= 4 is 5.69 Å². The van der Waals surface area contributed by atoms with Crippen molar-refractivity contribution in [1.29, 1.82) is 0 Å². The topological polar surface area (TPSA) is 30.5 Å². The summed E-state index contributed by atoms with van der Waals surface area (Å²) in [5.74, 6) is 1.80. The largest absolute Gasteiger partial charge is 0.489 e. The average Bonchev–Trinajstić information content (AvgIpc) is 2.69. The van der Waals surface area contributed by atoms with Crippen LogP contribution in [0.15, 0.2) is 72.8 Å². The summed E-state index contributed by atoms with van der Waals surface area (Å²) >= 11 is 0. The summed E-state index contributed by atoms with van der Waals surface area (Å²) in [5, 5.41) is 3.43. The molecule has 1 atom stereocenters. The highest BCUT2D eigenvalue weighted by molar-refractivity contribution is 5.48. The number of hydrogen-bond acceptors (Lipinski definition) is 3. The molecule has 0 aliphatic carbocycles. The van der Waals surface area contributed by atoms with Gasteiger partial charge in [-0.05, 0) is 55.7 Å². The normalized spacial score (nSPS) is 11.7. The number of rotatable bonds is 8. The molecule has 3 nitrogen and oxygen atoms in total. The van der Waals surface area contributed by atoms with E-state index in [1.807, 2.05) is 42.5 Å². The predicted molar refractivity (Wildman–Crippen MR) is 112 cm³/mol. The Morgan fingerprint density at radius 1 is 0.889 bits per heavy atom. The second-order valence-electron chi connectivity index (χ2n) is 6.88. The van der Waals surface area contributed by atoms with E-state index in [9.17, 15) is 0 Å². The van der Waals surface area contributed by atoms with E-state index in [2.05, 4.69) is 56.4 Å². The lowest BCUT2D eigenvalue weighted by atomic mass is 10.1. The molecule has 0 aliphatic rings. The van der Waals surface area contributed by atoms with Crippen molar-refractivity contribution in [3.05, 3.63) is 89.5 Å². The molecule has 27 heavy (non-hydrogen) atoms. The third kappa shape index (κ3) is 5.78. The summed E-state index contributed by atoms with van der Waals surface area (Å²) < 4.78 is 12.0. The summed E-state index contributed by atoms with van der Waals surface area (Å²) in [6, 6.07) is 24.5. The summed E-state index contributed by atoms with van der Waals surface area (Å²) in [4.78, 5) is 0. The second-order valence-corrected chi connectivity index (χ2v) is 6.88. The Morgan fingerprint density at radius 2 is 1.70 bits per heavy atom. The predicted octanol–water partition coefficient (Wildman–Crippen LogP) is 5.76. The molecule has 140 valence electrons. The first-order valence-corrected chi connectivity index (χ1v) is 9.35. The average molecular weight is 361 g/mol. The van der Waals surface area contributed by atoms with Gasteiger partial charge in [-0.15, -0.1) is 0 Å². The first-order chi connectivity index (χ1) is 13.1. The number of aryl methyl sites for hydroxylation is 2. The summed E-state index contributed by atoms with van der Waals surface area (Å²) in [5.41, 5.74) is 4.55. The maximum Gasteiger partial charge on any atom is 0.122 e. The lowest BCUT2D eigenvalue weighted by Crippen LogP contribution is -2.23. The van der Waals surface area contributed by atoms with Gasteiger partial charge in [0.2, 0.25) is 0 Å². The Bertz CT molecular complexity index is 861. The van der Waals surface area contributed by atoms with E-state index in [0.29, 0.717) is 6.61 Å². The van der Waals surface area contributed by atoms with Crippen molar-refractivity contribution in [3.8, 4) is 11.5 Å². The molecule has 0 fully saturated rings. The first kappa shape index (κ1) is 18.8. The molecule has 0 radical (unpaired) electrons. The van der Waals surface area contributed by atoms with Gasteiger partial charge in [0.25, 0.3) is 0 Å². The summed E-state index contributed by atoms with van der Waals surface area (Å²) in [7, 11) is 0. The Balaban J connectivity index is 1.52. The van der Waals surface area contributed by atoms with E-state index in [1.54, 1.807) is 0 Å². The van der Waals surface area contributed by atoms with Gasteiger partial charge in [0.15, 0.2) is 0 Å². The summed E-state index contributed by atoms with van der Waals surface area (Å²) in [6.07, 6.45) is 0.0550. The van der Waals surface area contributed by atoms with Gasteiger partial charge in [-0.2, -0.15) is 0 Å². The van der Waals surface area contributed by atoms with Gasteiger partial charge >= 0.3 is 0 Å². The monoisotopic (exact) mass is 361 g/mol. The zero-order valence-corrected chi connectivity index (χ0v) is 16.2. The third-order valence-corrected chi connectivity index (χ3v) is 4.35. The fourth-order valence-corrected chi connectivity index (χ4v) is 2.79.